The molecular formula is C21H20N2O3S2. The first-order valence-electron chi connectivity index (χ1n) is 9.04. The molecule has 1 aromatic heterocycles. The third-order valence-corrected chi connectivity index (χ3v) is 6.81. The number of aryl methyl sites for hydroxylation is 1. The molecule has 0 spiro atoms. The van der Waals surface area contributed by atoms with Crippen LogP contribution in [0.1, 0.15) is 18.9 Å². The minimum Gasteiger partial charge on any atom is -0.256 e. The quantitative estimate of drug-likeness (QED) is 0.564. The van der Waals surface area contributed by atoms with Crippen molar-refractivity contribution in [3.05, 3.63) is 66.4 Å². The first kappa shape index (κ1) is 19.0. The van der Waals surface area contributed by atoms with Gasteiger partial charge >= 0.3 is 0 Å². The smallest absolute Gasteiger partial charge is 0.256 e. The maximum atomic E-state index is 12.5. The molecule has 0 atom stereocenters. The van der Waals surface area contributed by atoms with Crippen molar-refractivity contribution in [3.8, 4) is 11.3 Å². The summed E-state index contributed by atoms with van der Waals surface area (Å²) in [5.41, 5.74) is 4.06. The number of hydrogen-bond donors (Lipinski definition) is 0. The predicted octanol–water partition coefficient (Wildman–Crippen LogP) is 5.33. The standard InChI is InChI=1S/C21H20N2O3S2/c1-3-14-28(24,25)26-23-17-10-4-5-11-18(17)27-19-12-6-9-16(21(19)23)20-15(2)8-7-13-22-20/h4-13H,3,14H2,1-2H3. The van der Waals surface area contributed by atoms with Crippen molar-refractivity contribution in [2.45, 2.75) is 30.1 Å². The number of hydrogen-bond acceptors (Lipinski definition) is 6. The number of pyridine rings is 1. The van der Waals surface area contributed by atoms with E-state index in [1.54, 1.807) is 18.0 Å². The van der Waals surface area contributed by atoms with E-state index in [1.807, 2.05) is 68.4 Å². The van der Waals surface area contributed by atoms with Crippen molar-refractivity contribution >= 4 is 33.3 Å². The van der Waals surface area contributed by atoms with Crippen molar-refractivity contribution in [1.29, 1.82) is 0 Å². The highest BCUT2D eigenvalue weighted by Crippen LogP contribution is 2.52. The molecule has 0 saturated heterocycles. The lowest BCUT2D eigenvalue weighted by Gasteiger charge is -2.32. The first-order valence-corrected chi connectivity index (χ1v) is 11.4. The van der Waals surface area contributed by atoms with Gasteiger partial charge in [-0.1, -0.05) is 49.0 Å². The number of aromatic nitrogens is 1. The van der Waals surface area contributed by atoms with Gasteiger partial charge in [-0.3, -0.25) is 4.98 Å². The third kappa shape index (κ3) is 3.53. The van der Waals surface area contributed by atoms with Gasteiger partial charge in [-0.25, -0.2) is 5.06 Å². The minimum atomic E-state index is -3.73. The van der Waals surface area contributed by atoms with E-state index in [2.05, 4.69) is 4.98 Å². The molecule has 0 fully saturated rings. The second-order valence-corrected chi connectivity index (χ2v) is 9.28. The minimum absolute atomic E-state index is 0.0427. The largest absolute Gasteiger partial charge is 0.288 e. The van der Waals surface area contributed by atoms with E-state index in [9.17, 15) is 8.42 Å². The van der Waals surface area contributed by atoms with Crippen molar-refractivity contribution in [1.82, 2.24) is 4.98 Å². The number of fused-ring (bicyclic) bond motifs is 2. The fourth-order valence-electron chi connectivity index (χ4n) is 3.20. The predicted molar refractivity (Wildman–Crippen MR) is 112 cm³/mol. The summed E-state index contributed by atoms with van der Waals surface area (Å²) < 4.78 is 30.7. The summed E-state index contributed by atoms with van der Waals surface area (Å²) in [6, 6.07) is 17.4. The lowest BCUT2D eigenvalue weighted by atomic mass is 10.0. The first-order chi connectivity index (χ1) is 13.5. The lowest BCUT2D eigenvalue weighted by molar-refractivity contribution is 0.319. The van der Waals surface area contributed by atoms with E-state index in [4.69, 9.17) is 4.28 Å². The highest BCUT2D eigenvalue weighted by molar-refractivity contribution is 7.99. The van der Waals surface area contributed by atoms with Crippen molar-refractivity contribution in [2.24, 2.45) is 0 Å². The summed E-state index contributed by atoms with van der Waals surface area (Å²) in [7, 11) is -3.73. The summed E-state index contributed by atoms with van der Waals surface area (Å²) >= 11 is 1.60. The average molecular weight is 413 g/mol. The fourth-order valence-corrected chi connectivity index (χ4v) is 5.23. The van der Waals surface area contributed by atoms with E-state index in [1.165, 1.54) is 5.06 Å². The van der Waals surface area contributed by atoms with Gasteiger partial charge in [0.05, 0.1) is 22.8 Å². The molecule has 0 N–H and O–H groups in total. The van der Waals surface area contributed by atoms with E-state index < -0.39 is 10.1 Å². The van der Waals surface area contributed by atoms with Crippen molar-refractivity contribution in [3.63, 3.8) is 0 Å². The Bertz CT molecular complexity index is 1130. The Morgan fingerprint density at radius 1 is 1.04 bits per heavy atom. The average Bonchev–Trinajstić information content (AvgIpc) is 2.67. The molecule has 0 saturated carbocycles. The number of nitrogens with zero attached hydrogens (tertiary/aromatic N) is 2. The van der Waals surface area contributed by atoms with Crippen LogP contribution in [0.3, 0.4) is 0 Å². The second kappa shape index (κ2) is 7.58. The second-order valence-electron chi connectivity index (χ2n) is 6.52. The Morgan fingerprint density at radius 3 is 2.61 bits per heavy atom. The maximum Gasteiger partial charge on any atom is 0.288 e. The third-order valence-electron chi connectivity index (χ3n) is 4.41. The number of para-hydroxylation sites is 2. The maximum absolute atomic E-state index is 12.5. The molecule has 5 nitrogen and oxygen atoms in total. The van der Waals surface area contributed by atoms with Gasteiger partial charge in [0.2, 0.25) is 0 Å². The van der Waals surface area contributed by atoms with E-state index in [-0.39, 0.29) is 5.75 Å². The van der Waals surface area contributed by atoms with Gasteiger partial charge in [-0.05, 0) is 43.2 Å². The van der Waals surface area contributed by atoms with Gasteiger partial charge in [-0.15, -0.1) is 4.28 Å². The van der Waals surface area contributed by atoms with Crippen LogP contribution in [-0.4, -0.2) is 19.2 Å². The monoisotopic (exact) mass is 412 g/mol. The summed E-state index contributed by atoms with van der Waals surface area (Å²) in [5.74, 6) is -0.0427. The van der Waals surface area contributed by atoms with E-state index in [0.717, 1.165) is 26.6 Å². The zero-order valence-corrected chi connectivity index (χ0v) is 17.3. The van der Waals surface area contributed by atoms with Crippen LogP contribution in [0.25, 0.3) is 11.3 Å². The summed E-state index contributed by atoms with van der Waals surface area (Å²) in [5, 5.41) is 1.45. The van der Waals surface area contributed by atoms with Crippen LogP contribution in [0.2, 0.25) is 0 Å². The highest BCUT2D eigenvalue weighted by atomic mass is 32.2. The molecule has 2 heterocycles. The molecule has 0 amide bonds. The van der Waals surface area contributed by atoms with Crippen LogP contribution in [0.15, 0.2) is 70.6 Å². The fraction of sp³-hybridized carbons (Fsp3) is 0.190. The molecule has 4 rings (SSSR count). The van der Waals surface area contributed by atoms with E-state index >= 15 is 0 Å². The molecule has 0 bridgehead atoms. The molecule has 0 radical (unpaired) electrons. The van der Waals surface area contributed by atoms with Gasteiger partial charge in [0, 0.05) is 21.6 Å². The molecule has 1 aliphatic rings. The number of benzene rings is 2. The Labute approximate surface area is 169 Å². The molecule has 28 heavy (non-hydrogen) atoms. The molecule has 0 unspecified atom stereocenters. The molecular weight excluding hydrogens is 392 g/mol. The van der Waals surface area contributed by atoms with E-state index in [0.29, 0.717) is 17.8 Å². The molecule has 1 aliphatic heterocycles. The summed E-state index contributed by atoms with van der Waals surface area (Å²) in [4.78, 5) is 6.40. The van der Waals surface area contributed by atoms with Gasteiger partial charge in [0.1, 0.15) is 0 Å². The Hall–Kier alpha value is -2.35. The zero-order chi connectivity index (χ0) is 19.7. The zero-order valence-electron chi connectivity index (χ0n) is 15.6. The summed E-state index contributed by atoms with van der Waals surface area (Å²) in [6.45, 7) is 3.81. The van der Waals surface area contributed by atoms with Crippen LogP contribution >= 0.6 is 11.8 Å². The van der Waals surface area contributed by atoms with Gasteiger partial charge in [0.25, 0.3) is 10.1 Å². The number of anilines is 2. The normalized spacial score (nSPS) is 13.1. The SMILES string of the molecule is CCCS(=O)(=O)ON1c2ccccc2Sc2cccc(-c3ncccc3C)c21. The van der Waals surface area contributed by atoms with Gasteiger partial charge in [-0.2, -0.15) is 8.42 Å². The Balaban J connectivity index is 1.93. The molecule has 144 valence electrons. The molecule has 7 heteroatoms. The molecule has 0 aliphatic carbocycles. The Kier molecular flexibility index (Phi) is 5.14. The van der Waals surface area contributed by atoms with Crippen LogP contribution in [-0.2, 0) is 14.4 Å². The molecule has 2 aromatic carbocycles. The topological polar surface area (TPSA) is 59.5 Å². The lowest BCUT2D eigenvalue weighted by Crippen LogP contribution is -2.27. The van der Waals surface area contributed by atoms with Gasteiger partial charge < -0.3 is 0 Å². The van der Waals surface area contributed by atoms with Crippen LogP contribution in [0.5, 0.6) is 0 Å². The Morgan fingerprint density at radius 2 is 1.82 bits per heavy atom. The van der Waals surface area contributed by atoms with Crippen molar-refractivity contribution < 1.29 is 12.7 Å². The molecule has 3 aromatic rings. The highest BCUT2D eigenvalue weighted by Gasteiger charge is 2.31. The van der Waals surface area contributed by atoms with Gasteiger partial charge in [0.15, 0.2) is 0 Å². The van der Waals surface area contributed by atoms with Crippen molar-refractivity contribution in [2.75, 3.05) is 10.8 Å². The van der Waals surface area contributed by atoms with Crippen LogP contribution in [0, 0.1) is 6.92 Å². The van der Waals surface area contributed by atoms with Crippen LogP contribution in [0.4, 0.5) is 11.4 Å². The number of rotatable bonds is 5. The summed E-state index contributed by atoms with van der Waals surface area (Å²) in [6.07, 6.45) is 2.23. The van der Waals surface area contributed by atoms with Crippen LogP contribution < -0.4 is 5.06 Å².